The first-order valence-corrected chi connectivity index (χ1v) is 8.96. The lowest BCUT2D eigenvalue weighted by Gasteiger charge is -2.31. The Morgan fingerprint density at radius 1 is 1.00 bits per heavy atom. The van der Waals surface area contributed by atoms with E-state index in [1.165, 1.54) is 23.2 Å². The third-order valence-corrected chi connectivity index (χ3v) is 5.23. The van der Waals surface area contributed by atoms with Crippen molar-refractivity contribution in [2.24, 2.45) is 0 Å². The van der Waals surface area contributed by atoms with Crippen LogP contribution in [-0.4, -0.2) is 28.9 Å². The highest BCUT2D eigenvalue weighted by atomic mass is 19.4. The molecule has 6 heteroatoms. The van der Waals surface area contributed by atoms with Crippen LogP contribution in [0.3, 0.4) is 0 Å². The molecule has 2 heterocycles. The fourth-order valence-corrected chi connectivity index (χ4v) is 3.69. The molecule has 0 radical (unpaired) electrons. The molecule has 1 amide bonds. The van der Waals surface area contributed by atoms with Crippen molar-refractivity contribution >= 4 is 16.8 Å². The molecule has 2 aromatic carbocycles. The summed E-state index contributed by atoms with van der Waals surface area (Å²) in [6.07, 6.45) is -2.72. The number of H-pyrrole nitrogens is 1. The maximum atomic E-state index is 12.7. The van der Waals surface area contributed by atoms with E-state index < -0.39 is 11.7 Å². The van der Waals surface area contributed by atoms with E-state index in [9.17, 15) is 18.0 Å². The lowest BCUT2D eigenvalue weighted by molar-refractivity contribution is -0.137. The van der Waals surface area contributed by atoms with Crippen molar-refractivity contribution in [2.45, 2.75) is 24.9 Å². The van der Waals surface area contributed by atoms with Crippen molar-refractivity contribution in [2.75, 3.05) is 13.1 Å². The minimum atomic E-state index is -4.39. The number of nitrogens with one attached hydrogen (secondary N) is 1. The average Bonchev–Trinajstić information content (AvgIpc) is 3.11. The van der Waals surface area contributed by atoms with Gasteiger partial charge in [-0.15, -0.1) is 0 Å². The van der Waals surface area contributed by atoms with Crippen LogP contribution in [0.1, 0.15) is 40.4 Å². The van der Waals surface area contributed by atoms with Crippen molar-refractivity contribution in [3.63, 3.8) is 0 Å². The van der Waals surface area contributed by atoms with Crippen LogP contribution < -0.4 is 0 Å². The monoisotopic (exact) mass is 372 g/mol. The zero-order chi connectivity index (χ0) is 19.0. The largest absolute Gasteiger partial charge is 0.416 e. The van der Waals surface area contributed by atoms with Gasteiger partial charge in [0.15, 0.2) is 0 Å². The summed E-state index contributed by atoms with van der Waals surface area (Å²) in [6.45, 7) is 1.19. The number of fused-ring (bicyclic) bond motifs is 1. The summed E-state index contributed by atoms with van der Waals surface area (Å²) < 4.78 is 38.0. The first kappa shape index (κ1) is 17.6. The van der Waals surface area contributed by atoms with Crippen molar-refractivity contribution in [1.82, 2.24) is 9.88 Å². The predicted molar refractivity (Wildman–Crippen MR) is 97.6 cm³/mol. The Hall–Kier alpha value is -2.76. The molecule has 0 saturated carbocycles. The molecule has 0 unspecified atom stereocenters. The smallest absolute Gasteiger partial charge is 0.358 e. The molecular formula is C21H19F3N2O. The number of para-hydroxylation sites is 1. The Kier molecular flexibility index (Phi) is 4.42. The van der Waals surface area contributed by atoms with Crippen LogP contribution in [0.15, 0.2) is 54.6 Å². The molecule has 0 spiro atoms. The van der Waals surface area contributed by atoms with Crippen molar-refractivity contribution in [3.8, 4) is 0 Å². The van der Waals surface area contributed by atoms with Gasteiger partial charge < -0.3 is 9.88 Å². The van der Waals surface area contributed by atoms with E-state index in [4.69, 9.17) is 0 Å². The van der Waals surface area contributed by atoms with Crippen molar-refractivity contribution in [1.29, 1.82) is 0 Å². The van der Waals surface area contributed by atoms with Gasteiger partial charge in [-0.1, -0.05) is 18.2 Å². The van der Waals surface area contributed by atoms with Gasteiger partial charge in [0.05, 0.1) is 5.56 Å². The summed E-state index contributed by atoms with van der Waals surface area (Å²) in [4.78, 5) is 17.8. The number of hydrogen-bond acceptors (Lipinski definition) is 1. The number of likely N-dealkylation sites (tertiary alicyclic amines) is 1. The van der Waals surface area contributed by atoms with Crippen LogP contribution in [0.2, 0.25) is 0 Å². The second kappa shape index (κ2) is 6.76. The molecule has 1 N–H and O–H groups in total. The molecule has 0 bridgehead atoms. The van der Waals surface area contributed by atoms with Gasteiger partial charge in [-0.05, 0) is 54.6 Å². The Balaban J connectivity index is 1.42. The number of amides is 1. The van der Waals surface area contributed by atoms with E-state index in [2.05, 4.69) is 17.1 Å². The molecule has 1 aliphatic heterocycles. The number of nitrogens with zero attached hydrogens (tertiary/aromatic N) is 1. The van der Waals surface area contributed by atoms with Gasteiger partial charge >= 0.3 is 6.18 Å². The number of carbonyl (C=O) groups is 1. The average molecular weight is 372 g/mol. The summed E-state index contributed by atoms with van der Waals surface area (Å²) in [7, 11) is 0. The maximum Gasteiger partial charge on any atom is 0.416 e. The molecule has 1 aromatic heterocycles. The number of halogens is 3. The molecule has 3 aromatic rings. The molecule has 1 fully saturated rings. The number of aromatic amines is 1. The van der Waals surface area contributed by atoms with Crippen LogP contribution in [0, 0.1) is 0 Å². The van der Waals surface area contributed by atoms with E-state index in [0.717, 1.165) is 30.5 Å². The number of alkyl halides is 3. The number of rotatable bonds is 2. The van der Waals surface area contributed by atoms with E-state index in [-0.39, 0.29) is 5.91 Å². The minimum absolute atomic E-state index is 0.209. The van der Waals surface area contributed by atoms with E-state index in [0.29, 0.717) is 24.6 Å². The van der Waals surface area contributed by atoms with Crippen molar-refractivity contribution in [3.05, 3.63) is 71.4 Å². The van der Waals surface area contributed by atoms with Gasteiger partial charge in [0, 0.05) is 35.8 Å². The number of aromatic nitrogens is 1. The van der Waals surface area contributed by atoms with Crippen molar-refractivity contribution < 1.29 is 18.0 Å². The minimum Gasteiger partial charge on any atom is -0.358 e. The highest BCUT2D eigenvalue weighted by Crippen LogP contribution is 2.31. The fraction of sp³-hybridized carbons (Fsp3) is 0.286. The molecule has 3 nitrogen and oxygen atoms in total. The Morgan fingerprint density at radius 3 is 2.30 bits per heavy atom. The highest BCUT2D eigenvalue weighted by Gasteiger charge is 2.31. The third-order valence-electron chi connectivity index (χ3n) is 5.23. The van der Waals surface area contributed by atoms with Gasteiger partial charge in [0.25, 0.3) is 5.91 Å². The third kappa shape index (κ3) is 3.56. The van der Waals surface area contributed by atoms with Gasteiger partial charge in [0.2, 0.25) is 0 Å². The van der Waals surface area contributed by atoms with Gasteiger partial charge in [-0.3, -0.25) is 4.79 Å². The Bertz CT molecular complexity index is 918. The van der Waals surface area contributed by atoms with Crippen LogP contribution in [-0.2, 0) is 6.18 Å². The zero-order valence-corrected chi connectivity index (χ0v) is 14.6. The second-order valence-corrected chi connectivity index (χ2v) is 6.95. The quantitative estimate of drug-likeness (QED) is 0.659. The zero-order valence-electron chi connectivity index (χ0n) is 14.6. The molecule has 140 valence electrons. The number of hydrogen-bond donors (Lipinski definition) is 1. The normalized spacial score (nSPS) is 16.0. The Morgan fingerprint density at radius 2 is 1.67 bits per heavy atom. The van der Waals surface area contributed by atoms with Gasteiger partial charge in [0.1, 0.15) is 0 Å². The van der Waals surface area contributed by atoms with Gasteiger partial charge in [-0.2, -0.15) is 13.2 Å². The number of piperidine rings is 1. The number of carbonyl (C=O) groups excluding carboxylic acids is 1. The summed E-state index contributed by atoms with van der Waals surface area (Å²) >= 11 is 0. The standard InChI is InChI=1S/C21H19F3N2O/c22-21(23,24)17-7-5-15(6-8-17)20(27)26-11-9-14(10-12-26)19-13-16-3-1-2-4-18(16)25-19/h1-8,13-14,25H,9-12H2. The van der Waals surface area contributed by atoms with Crippen LogP contribution >= 0.6 is 0 Å². The van der Waals surface area contributed by atoms with E-state index in [1.54, 1.807) is 4.90 Å². The summed E-state index contributed by atoms with van der Waals surface area (Å²) in [5.41, 5.74) is 1.84. The maximum absolute atomic E-state index is 12.7. The molecule has 27 heavy (non-hydrogen) atoms. The molecule has 1 aliphatic rings. The summed E-state index contributed by atoms with van der Waals surface area (Å²) in [6, 6.07) is 14.7. The van der Waals surface area contributed by atoms with Gasteiger partial charge in [-0.25, -0.2) is 0 Å². The highest BCUT2D eigenvalue weighted by molar-refractivity contribution is 5.94. The molecule has 0 aliphatic carbocycles. The summed E-state index contributed by atoms with van der Waals surface area (Å²) in [5.74, 6) is 0.146. The molecule has 0 atom stereocenters. The molecule has 4 rings (SSSR count). The SMILES string of the molecule is O=C(c1ccc(C(F)(F)F)cc1)N1CCC(c2cc3ccccc3[nH]2)CC1. The Labute approximate surface area is 154 Å². The number of benzene rings is 2. The lowest BCUT2D eigenvalue weighted by Crippen LogP contribution is -2.38. The van der Waals surface area contributed by atoms with Crippen LogP contribution in [0.25, 0.3) is 10.9 Å². The predicted octanol–water partition coefficient (Wildman–Crippen LogP) is 5.21. The summed E-state index contributed by atoms with van der Waals surface area (Å²) in [5, 5.41) is 1.18. The first-order chi connectivity index (χ1) is 12.9. The first-order valence-electron chi connectivity index (χ1n) is 8.96. The van der Waals surface area contributed by atoms with E-state index in [1.807, 2.05) is 18.2 Å². The topological polar surface area (TPSA) is 36.1 Å². The molecule has 1 saturated heterocycles. The lowest BCUT2D eigenvalue weighted by atomic mass is 9.93. The van der Waals surface area contributed by atoms with Crippen LogP contribution in [0.5, 0.6) is 0 Å². The van der Waals surface area contributed by atoms with E-state index >= 15 is 0 Å². The van der Waals surface area contributed by atoms with Crippen LogP contribution in [0.4, 0.5) is 13.2 Å². The fourth-order valence-electron chi connectivity index (χ4n) is 3.69. The molecular weight excluding hydrogens is 353 g/mol. The second-order valence-electron chi connectivity index (χ2n) is 6.95.